The zero-order valence-corrected chi connectivity index (χ0v) is 16.9. The summed E-state index contributed by atoms with van der Waals surface area (Å²) in [5, 5.41) is 2.45. The average molecular weight is 430 g/mol. The molecular weight excluding hydrogens is 409 g/mol. The van der Waals surface area contributed by atoms with Gasteiger partial charge in [0.05, 0.1) is 12.7 Å². The Hall–Kier alpha value is -2.59. The van der Waals surface area contributed by atoms with E-state index < -0.39 is 27.7 Å². The summed E-state index contributed by atoms with van der Waals surface area (Å²) in [6, 6.07) is 6.85. The first-order valence-electron chi connectivity index (χ1n) is 8.56. The van der Waals surface area contributed by atoms with Gasteiger partial charge in [0.2, 0.25) is 10.0 Å². The van der Waals surface area contributed by atoms with Crippen LogP contribution in [0, 0.1) is 13.8 Å². The molecule has 0 aliphatic carbocycles. The number of benzene rings is 2. The molecule has 0 aromatic heterocycles. The minimum absolute atomic E-state index is 0.0165. The smallest absolute Gasteiger partial charge is 0.416 e. The second-order valence-electron chi connectivity index (χ2n) is 6.32. The first-order valence-corrected chi connectivity index (χ1v) is 10.0. The highest BCUT2D eigenvalue weighted by molar-refractivity contribution is 7.89. The third-order valence-electron chi connectivity index (χ3n) is 4.25. The number of sulfonamides is 1. The van der Waals surface area contributed by atoms with Gasteiger partial charge in [-0.25, -0.2) is 13.1 Å². The van der Waals surface area contributed by atoms with Crippen molar-refractivity contribution in [2.45, 2.75) is 24.9 Å². The number of halogens is 3. The van der Waals surface area contributed by atoms with Gasteiger partial charge in [-0.2, -0.15) is 13.2 Å². The summed E-state index contributed by atoms with van der Waals surface area (Å²) in [5.41, 5.74) is 0.840. The molecule has 0 bridgehead atoms. The summed E-state index contributed by atoms with van der Waals surface area (Å²) in [4.78, 5) is 12.0. The Kier molecular flexibility index (Phi) is 6.91. The molecule has 2 aromatic rings. The highest BCUT2D eigenvalue weighted by atomic mass is 32.2. The van der Waals surface area contributed by atoms with Crippen LogP contribution in [0.25, 0.3) is 0 Å². The normalized spacial score (nSPS) is 11.9. The molecule has 0 saturated heterocycles. The fourth-order valence-corrected chi connectivity index (χ4v) is 3.75. The lowest BCUT2D eigenvalue weighted by Crippen LogP contribution is -2.34. The van der Waals surface area contributed by atoms with Crippen LogP contribution >= 0.6 is 0 Å². The van der Waals surface area contributed by atoms with E-state index in [4.69, 9.17) is 4.74 Å². The van der Waals surface area contributed by atoms with Gasteiger partial charge < -0.3 is 10.1 Å². The summed E-state index contributed by atoms with van der Waals surface area (Å²) in [5.74, 6) is -0.406. The third-order valence-corrected chi connectivity index (χ3v) is 5.73. The van der Waals surface area contributed by atoms with E-state index in [0.717, 1.165) is 35.4 Å². The van der Waals surface area contributed by atoms with Gasteiger partial charge in [-0.1, -0.05) is 0 Å². The number of ether oxygens (including phenoxy) is 1. The second kappa shape index (κ2) is 8.83. The Morgan fingerprint density at radius 1 is 1.03 bits per heavy atom. The molecule has 10 heteroatoms. The van der Waals surface area contributed by atoms with Crippen molar-refractivity contribution in [2.24, 2.45) is 0 Å². The van der Waals surface area contributed by atoms with Crippen LogP contribution in [0.4, 0.5) is 13.2 Å². The molecule has 0 heterocycles. The van der Waals surface area contributed by atoms with Gasteiger partial charge in [-0.15, -0.1) is 0 Å². The van der Waals surface area contributed by atoms with Crippen molar-refractivity contribution >= 4 is 15.9 Å². The van der Waals surface area contributed by atoms with E-state index in [1.165, 1.54) is 13.2 Å². The Labute approximate surface area is 167 Å². The van der Waals surface area contributed by atoms with Crippen molar-refractivity contribution in [3.05, 3.63) is 58.7 Å². The number of amides is 1. The van der Waals surface area contributed by atoms with Crippen LogP contribution < -0.4 is 14.8 Å². The molecule has 6 nitrogen and oxygen atoms in total. The fraction of sp³-hybridized carbons (Fsp3) is 0.316. The SMILES string of the molecule is COc1cc(C)c(C)cc1S(=O)(=O)NCCNC(=O)c1ccc(C(F)(F)F)cc1. The molecule has 0 aliphatic rings. The van der Waals surface area contributed by atoms with Crippen molar-refractivity contribution in [3.63, 3.8) is 0 Å². The fourth-order valence-electron chi connectivity index (χ4n) is 2.48. The summed E-state index contributed by atoms with van der Waals surface area (Å²) in [6.45, 7) is 3.45. The maximum absolute atomic E-state index is 12.5. The quantitative estimate of drug-likeness (QED) is 0.662. The topological polar surface area (TPSA) is 84.5 Å². The van der Waals surface area contributed by atoms with Crippen molar-refractivity contribution in [2.75, 3.05) is 20.2 Å². The number of carbonyl (C=O) groups excluding carboxylic acids is 1. The molecule has 0 saturated carbocycles. The molecule has 0 unspecified atom stereocenters. The zero-order chi connectivity index (χ0) is 21.8. The summed E-state index contributed by atoms with van der Waals surface area (Å²) in [7, 11) is -2.51. The lowest BCUT2D eigenvalue weighted by molar-refractivity contribution is -0.137. The standard InChI is InChI=1S/C19H21F3N2O4S/c1-12-10-16(28-3)17(11-13(12)2)29(26,27)24-9-8-23-18(25)14-4-6-15(7-5-14)19(20,21)22/h4-7,10-11,24H,8-9H2,1-3H3,(H,23,25). The van der Waals surface area contributed by atoms with E-state index in [1.54, 1.807) is 13.0 Å². The van der Waals surface area contributed by atoms with Gasteiger partial charge in [0.1, 0.15) is 10.6 Å². The van der Waals surface area contributed by atoms with Gasteiger partial charge in [0.15, 0.2) is 0 Å². The average Bonchev–Trinajstić information content (AvgIpc) is 2.66. The Bertz CT molecular complexity index is 988. The summed E-state index contributed by atoms with van der Waals surface area (Å²) < 4.78 is 70.2. The predicted molar refractivity (Wildman–Crippen MR) is 101 cm³/mol. The number of hydrogen-bond donors (Lipinski definition) is 2. The lowest BCUT2D eigenvalue weighted by atomic mass is 10.1. The van der Waals surface area contributed by atoms with Crippen molar-refractivity contribution in [3.8, 4) is 5.75 Å². The van der Waals surface area contributed by atoms with Crippen LogP contribution in [0.1, 0.15) is 27.0 Å². The molecule has 2 aromatic carbocycles. The number of alkyl halides is 3. The van der Waals surface area contributed by atoms with Crippen molar-refractivity contribution in [1.82, 2.24) is 10.0 Å². The highest BCUT2D eigenvalue weighted by Gasteiger charge is 2.30. The van der Waals surface area contributed by atoms with E-state index in [-0.39, 0.29) is 29.3 Å². The van der Waals surface area contributed by atoms with Gasteiger partial charge >= 0.3 is 6.18 Å². The van der Waals surface area contributed by atoms with E-state index in [9.17, 15) is 26.4 Å². The molecule has 2 rings (SSSR count). The van der Waals surface area contributed by atoms with E-state index in [0.29, 0.717) is 0 Å². The molecule has 158 valence electrons. The molecule has 0 atom stereocenters. The molecule has 29 heavy (non-hydrogen) atoms. The maximum atomic E-state index is 12.5. The van der Waals surface area contributed by atoms with Crippen LogP contribution in [0.2, 0.25) is 0 Å². The van der Waals surface area contributed by atoms with Crippen molar-refractivity contribution in [1.29, 1.82) is 0 Å². The minimum atomic E-state index is -4.48. The lowest BCUT2D eigenvalue weighted by Gasteiger charge is -2.13. The number of aryl methyl sites for hydroxylation is 2. The molecule has 1 amide bonds. The van der Waals surface area contributed by atoms with Gasteiger partial charge in [-0.3, -0.25) is 4.79 Å². The van der Waals surface area contributed by atoms with Crippen LogP contribution in [0.3, 0.4) is 0 Å². The third kappa shape index (κ3) is 5.70. The molecule has 0 spiro atoms. The molecule has 0 fully saturated rings. The number of nitrogens with one attached hydrogen (secondary N) is 2. The number of carbonyl (C=O) groups is 1. The predicted octanol–water partition coefficient (Wildman–Crippen LogP) is 3.04. The van der Waals surface area contributed by atoms with E-state index >= 15 is 0 Å². The Balaban J connectivity index is 1.96. The first kappa shape index (κ1) is 22.7. The highest BCUT2D eigenvalue weighted by Crippen LogP contribution is 2.29. The monoisotopic (exact) mass is 430 g/mol. The summed E-state index contributed by atoms with van der Waals surface area (Å²) in [6.07, 6.45) is -4.48. The molecule has 0 aliphatic heterocycles. The van der Waals surface area contributed by atoms with Gasteiger partial charge in [-0.05, 0) is 61.4 Å². The molecule has 2 N–H and O–H groups in total. The van der Waals surface area contributed by atoms with Crippen molar-refractivity contribution < 1.29 is 31.1 Å². The van der Waals surface area contributed by atoms with E-state index in [2.05, 4.69) is 10.0 Å². The first-order chi connectivity index (χ1) is 13.5. The summed E-state index contributed by atoms with van der Waals surface area (Å²) >= 11 is 0. The molecule has 0 radical (unpaired) electrons. The number of methoxy groups -OCH3 is 1. The van der Waals surface area contributed by atoms with Crippen LogP contribution in [0.15, 0.2) is 41.3 Å². The second-order valence-corrected chi connectivity index (χ2v) is 8.05. The van der Waals surface area contributed by atoms with E-state index in [1.807, 2.05) is 6.92 Å². The van der Waals surface area contributed by atoms with Crippen LogP contribution in [-0.2, 0) is 16.2 Å². The minimum Gasteiger partial charge on any atom is -0.495 e. The number of hydrogen-bond acceptors (Lipinski definition) is 4. The Morgan fingerprint density at radius 3 is 2.17 bits per heavy atom. The largest absolute Gasteiger partial charge is 0.495 e. The number of rotatable bonds is 7. The Morgan fingerprint density at radius 2 is 1.62 bits per heavy atom. The van der Waals surface area contributed by atoms with Gasteiger partial charge in [0.25, 0.3) is 5.91 Å². The zero-order valence-electron chi connectivity index (χ0n) is 16.1. The van der Waals surface area contributed by atoms with Crippen LogP contribution in [-0.4, -0.2) is 34.5 Å². The molecular formula is C19H21F3N2O4S. The van der Waals surface area contributed by atoms with Gasteiger partial charge in [0, 0.05) is 18.7 Å². The van der Waals surface area contributed by atoms with Crippen LogP contribution in [0.5, 0.6) is 5.75 Å². The maximum Gasteiger partial charge on any atom is 0.416 e.